The first kappa shape index (κ1) is 24.7. The highest BCUT2D eigenvalue weighted by Gasteiger charge is 2.17. The van der Waals surface area contributed by atoms with Gasteiger partial charge in [0.05, 0.1) is 22.1 Å². The molecule has 0 atom stereocenters. The van der Waals surface area contributed by atoms with Gasteiger partial charge in [0.25, 0.3) is 0 Å². The molecule has 0 bridgehead atoms. The molecule has 7 aromatic carbocycles. The third-order valence-corrected chi connectivity index (χ3v) is 8.90. The number of fused-ring (bicyclic) bond motifs is 6. The minimum Gasteiger partial charge on any atom is -0.309 e. The zero-order chi connectivity index (χ0) is 29.0. The molecule has 2 heteroatoms. The van der Waals surface area contributed by atoms with Crippen molar-refractivity contribution in [1.29, 1.82) is 0 Å². The Kier molecular flexibility index (Phi) is 5.54. The van der Waals surface area contributed by atoms with Crippen LogP contribution in [0, 0.1) is 0 Å². The van der Waals surface area contributed by atoms with Gasteiger partial charge in [-0.3, -0.25) is 0 Å². The lowest BCUT2D eigenvalue weighted by Gasteiger charge is -2.13. The van der Waals surface area contributed by atoms with Crippen molar-refractivity contribution in [1.82, 2.24) is 9.13 Å². The largest absolute Gasteiger partial charge is 0.309 e. The Hall–Kier alpha value is -5.86. The minimum absolute atomic E-state index is 1.17. The van der Waals surface area contributed by atoms with E-state index in [1.165, 1.54) is 77.2 Å². The van der Waals surface area contributed by atoms with E-state index in [0.29, 0.717) is 0 Å². The van der Waals surface area contributed by atoms with Crippen LogP contribution >= 0.6 is 0 Å². The maximum atomic E-state index is 2.41. The van der Waals surface area contributed by atoms with E-state index in [0.717, 1.165) is 0 Å². The number of hydrogen-bond acceptors (Lipinski definition) is 0. The van der Waals surface area contributed by atoms with Gasteiger partial charge in [-0.15, -0.1) is 0 Å². The van der Waals surface area contributed by atoms with Crippen LogP contribution in [-0.2, 0) is 0 Å². The smallest absolute Gasteiger partial charge is 0.0619 e. The summed E-state index contributed by atoms with van der Waals surface area (Å²) in [6.45, 7) is 0. The molecule has 0 aliphatic heterocycles. The van der Waals surface area contributed by atoms with Crippen LogP contribution in [0.25, 0.3) is 77.2 Å². The summed E-state index contributed by atoms with van der Waals surface area (Å²) in [5.41, 5.74) is 12.1. The van der Waals surface area contributed by atoms with Crippen LogP contribution in [0.15, 0.2) is 170 Å². The summed E-state index contributed by atoms with van der Waals surface area (Å²) in [5.74, 6) is 0. The van der Waals surface area contributed by atoms with Crippen LogP contribution in [0.5, 0.6) is 0 Å². The van der Waals surface area contributed by atoms with Crippen LogP contribution in [-0.4, -0.2) is 9.13 Å². The van der Waals surface area contributed by atoms with Crippen LogP contribution in [0.4, 0.5) is 0 Å². The summed E-state index contributed by atoms with van der Waals surface area (Å²) in [5, 5.41) is 5.06. The van der Waals surface area contributed by atoms with Gasteiger partial charge in [0.2, 0.25) is 0 Å². The number of aromatic nitrogens is 2. The van der Waals surface area contributed by atoms with Gasteiger partial charge in [0, 0.05) is 38.5 Å². The normalized spacial score (nSPS) is 11.6. The van der Waals surface area contributed by atoms with Crippen LogP contribution < -0.4 is 0 Å². The van der Waals surface area contributed by atoms with Crippen molar-refractivity contribution < 1.29 is 0 Å². The fraction of sp³-hybridized carbons (Fsp3) is 0. The first-order valence-corrected chi connectivity index (χ1v) is 15.1. The predicted octanol–water partition coefficient (Wildman–Crippen LogP) is 11.2. The standard InChI is InChI=1S/C42H28N2/c1-3-15-32(16-4-1)43-39-23-9-8-20-36(39)38-28-30(25-26-41(38)43)29-13-11-14-31(27-29)34-21-12-22-37-35-19-7-10-24-40(35)44(42(34)37)33-17-5-2-6-18-33/h1-28H. The number of hydrogen-bond donors (Lipinski definition) is 0. The van der Waals surface area contributed by atoms with Crippen LogP contribution in [0.2, 0.25) is 0 Å². The van der Waals surface area contributed by atoms with E-state index < -0.39 is 0 Å². The molecule has 2 aromatic heterocycles. The molecule has 0 aliphatic rings. The molecule has 9 rings (SSSR count). The maximum Gasteiger partial charge on any atom is 0.0619 e. The summed E-state index contributed by atoms with van der Waals surface area (Å²) in [4.78, 5) is 0. The lowest BCUT2D eigenvalue weighted by atomic mass is 9.96. The zero-order valence-corrected chi connectivity index (χ0v) is 24.1. The Morgan fingerprint density at radius 2 is 0.818 bits per heavy atom. The van der Waals surface area contributed by atoms with Crippen molar-refractivity contribution >= 4 is 43.6 Å². The Labute approximate surface area is 255 Å². The molecule has 44 heavy (non-hydrogen) atoms. The van der Waals surface area contributed by atoms with Crippen molar-refractivity contribution in [2.75, 3.05) is 0 Å². The highest BCUT2D eigenvalue weighted by atomic mass is 15.0. The van der Waals surface area contributed by atoms with Crippen LogP contribution in [0.3, 0.4) is 0 Å². The summed E-state index contributed by atoms with van der Waals surface area (Å²) in [7, 11) is 0. The zero-order valence-electron chi connectivity index (χ0n) is 24.1. The molecular formula is C42H28N2. The first-order chi connectivity index (χ1) is 21.8. The molecule has 0 fully saturated rings. The van der Waals surface area contributed by atoms with Crippen LogP contribution in [0.1, 0.15) is 0 Å². The van der Waals surface area contributed by atoms with Gasteiger partial charge in [-0.05, 0) is 71.3 Å². The number of para-hydroxylation sites is 5. The average Bonchev–Trinajstić information content (AvgIpc) is 3.62. The van der Waals surface area contributed by atoms with E-state index in [4.69, 9.17) is 0 Å². The molecule has 206 valence electrons. The van der Waals surface area contributed by atoms with Crippen molar-refractivity contribution in [3.05, 3.63) is 170 Å². The van der Waals surface area contributed by atoms with Gasteiger partial charge in [-0.25, -0.2) is 0 Å². The topological polar surface area (TPSA) is 9.86 Å². The summed E-state index contributed by atoms with van der Waals surface area (Å²) in [6.07, 6.45) is 0. The van der Waals surface area contributed by atoms with E-state index >= 15 is 0 Å². The molecule has 9 aromatic rings. The second-order valence-corrected chi connectivity index (χ2v) is 11.4. The Balaban J connectivity index is 1.25. The fourth-order valence-corrected chi connectivity index (χ4v) is 6.97. The quantitative estimate of drug-likeness (QED) is 0.203. The highest BCUT2D eigenvalue weighted by Crippen LogP contribution is 2.40. The van der Waals surface area contributed by atoms with Gasteiger partial charge >= 0.3 is 0 Å². The van der Waals surface area contributed by atoms with Gasteiger partial charge in [-0.1, -0.05) is 115 Å². The third kappa shape index (κ3) is 3.75. The Morgan fingerprint density at radius 3 is 1.57 bits per heavy atom. The molecule has 2 nitrogen and oxygen atoms in total. The third-order valence-electron chi connectivity index (χ3n) is 8.90. The number of benzene rings is 7. The lowest BCUT2D eigenvalue weighted by molar-refractivity contribution is 1.18. The second-order valence-electron chi connectivity index (χ2n) is 11.4. The molecule has 0 N–H and O–H groups in total. The molecule has 0 aliphatic carbocycles. The van der Waals surface area contributed by atoms with E-state index in [1.54, 1.807) is 0 Å². The molecule has 0 saturated carbocycles. The van der Waals surface area contributed by atoms with Crippen molar-refractivity contribution in [2.45, 2.75) is 0 Å². The van der Waals surface area contributed by atoms with E-state index in [-0.39, 0.29) is 0 Å². The lowest BCUT2D eigenvalue weighted by Crippen LogP contribution is -1.95. The van der Waals surface area contributed by atoms with Crippen molar-refractivity contribution in [2.24, 2.45) is 0 Å². The van der Waals surface area contributed by atoms with E-state index in [2.05, 4.69) is 179 Å². The molecule has 2 heterocycles. The second kappa shape index (κ2) is 9.86. The first-order valence-electron chi connectivity index (χ1n) is 15.1. The summed E-state index contributed by atoms with van der Waals surface area (Å²) in [6, 6.07) is 61.4. The van der Waals surface area contributed by atoms with Gasteiger partial charge in [0.1, 0.15) is 0 Å². The molecule has 0 radical (unpaired) electrons. The summed E-state index contributed by atoms with van der Waals surface area (Å²) >= 11 is 0. The van der Waals surface area contributed by atoms with Gasteiger partial charge in [-0.2, -0.15) is 0 Å². The SMILES string of the molecule is c1ccc(-n2c3ccccc3c3cc(-c4cccc(-c5cccc6c7ccccc7n(-c7ccccc7)c56)c4)ccc32)cc1. The van der Waals surface area contributed by atoms with E-state index in [9.17, 15) is 0 Å². The predicted molar refractivity (Wildman–Crippen MR) is 186 cm³/mol. The average molecular weight is 561 g/mol. The monoisotopic (exact) mass is 560 g/mol. The minimum atomic E-state index is 1.17. The van der Waals surface area contributed by atoms with Gasteiger partial charge in [0.15, 0.2) is 0 Å². The maximum absolute atomic E-state index is 2.41. The number of rotatable bonds is 4. The molecule has 0 saturated heterocycles. The summed E-state index contributed by atoms with van der Waals surface area (Å²) < 4.78 is 4.78. The number of nitrogens with zero attached hydrogens (tertiary/aromatic N) is 2. The molecule has 0 spiro atoms. The molecular weight excluding hydrogens is 532 g/mol. The highest BCUT2D eigenvalue weighted by molar-refractivity contribution is 6.14. The Bertz CT molecular complexity index is 2480. The molecule has 0 amide bonds. The van der Waals surface area contributed by atoms with Crippen molar-refractivity contribution in [3.8, 4) is 33.6 Å². The van der Waals surface area contributed by atoms with E-state index in [1.807, 2.05) is 0 Å². The van der Waals surface area contributed by atoms with Gasteiger partial charge < -0.3 is 9.13 Å². The Morgan fingerprint density at radius 1 is 0.295 bits per heavy atom. The fourth-order valence-electron chi connectivity index (χ4n) is 6.97. The molecule has 0 unspecified atom stereocenters. The van der Waals surface area contributed by atoms with Crippen molar-refractivity contribution in [3.63, 3.8) is 0 Å².